The molecule has 1 nitrogen and oxygen atoms in total. The molecule has 19 heavy (non-hydrogen) atoms. The van der Waals surface area contributed by atoms with E-state index in [0.717, 1.165) is 11.1 Å². The van der Waals surface area contributed by atoms with Crippen molar-refractivity contribution in [1.29, 1.82) is 0 Å². The van der Waals surface area contributed by atoms with Crippen LogP contribution in [-0.4, -0.2) is 0 Å². The van der Waals surface area contributed by atoms with E-state index >= 15 is 0 Å². The van der Waals surface area contributed by atoms with Crippen LogP contribution < -0.4 is 5.32 Å². The number of nitrogens with one attached hydrogen (secondary N) is 1. The van der Waals surface area contributed by atoms with Gasteiger partial charge in [0.2, 0.25) is 0 Å². The summed E-state index contributed by atoms with van der Waals surface area (Å²) in [5.74, 6) is -1.14. The smallest absolute Gasteiger partial charge is 0.152 e. The molecule has 100 valence electrons. The third-order valence-electron chi connectivity index (χ3n) is 3.04. The summed E-state index contributed by atoms with van der Waals surface area (Å²) in [4.78, 5) is 0. The summed E-state index contributed by atoms with van der Waals surface area (Å²) in [5.41, 5.74) is 2.25. The van der Waals surface area contributed by atoms with Gasteiger partial charge in [-0.1, -0.05) is 23.7 Å². The van der Waals surface area contributed by atoms with Crippen molar-refractivity contribution in [2.45, 2.75) is 20.4 Å². The summed E-state index contributed by atoms with van der Waals surface area (Å²) in [6.45, 7) is 3.86. The average Bonchev–Trinajstić information content (AvgIpc) is 2.36. The topological polar surface area (TPSA) is 12.0 Å². The highest BCUT2D eigenvalue weighted by Gasteiger charge is 2.11. The van der Waals surface area contributed by atoms with E-state index in [0.29, 0.717) is 17.1 Å². The fraction of sp³-hybridized carbons (Fsp3) is 0.200. The standard InChI is InChI=1S/C15H14ClF2N/c1-9-3-6-13(17)15(14(9)18)19-8-11-4-5-12(16)7-10(11)2/h3-7,19H,8H2,1-2H3. The van der Waals surface area contributed by atoms with Gasteiger partial charge in [-0.15, -0.1) is 0 Å². The highest BCUT2D eigenvalue weighted by Crippen LogP contribution is 2.23. The fourth-order valence-corrected chi connectivity index (χ4v) is 2.09. The SMILES string of the molecule is Cc1cc(Cl)ccc1CNc1c(F)ccc(C)c1F. The zero-order chi connectivity index (χ0) is 14.0. The molecule has 2 rings (SSSR count). The summed E-state index contributed by atoms with van der Waals surface area (Å²) in [6.07, 6.45) is 0. The molecule has 0 aliphatic carbocycles. The van der Waals surface area contributed by atoms with Crippen LogP contribution in [0.15, 0.2) is 30.3 Å². The Kier molecular flexibility index (Phi) is 4.05. The van der Waals surface area contributed by atoms with Gasteiger partial charge in [0.15, 0.2) is 5.82 Å². The van der Waals surface area contributed by atoms with Crippen LogP contribution in [-0.2, 0) is 6.54 Å². The van der Waals surface area contributed by atoms with Gasteiger partial charge in [-0.3, -0.25) is 0 Å². The Balaban J connectivity index is 2.21. The minimum atomic E-state index is -0.588. The summed E-state index contributed by atoms with van der Waals surface area (Å²) in [5, 5.41) is 3.45. The summed E-state index contributed by atoms with van der Waals surface area (Å²) >= 11 is 5.86. The Labute approximate surface area is 116 Å². The van der Waals surface area contributed by atoms with Gasteiger partial charge in [-0.25, -0.2) is 8.78 Å². The molecule has 2 aromatic carbocycles. The maximum absolute atomic E-state index is 13.8. The Morgan fingerprint density at radius 1 is 1.05 bits per heavy atom. The lowest BCUT2D eigenvalue weighted by Crippen LogP contribution is -2.06. The molecule has 0 spiro atoms. The molecular weight excluding hydrogens is 268 g/mol. The highest BCUT2D eigenvalue weighted by molar-refractivity contribution is 6.30. The Morgan fingerprint density at radius 3 is 2.47 bits per heavy atom. The van der Waals surface area contributed by atoms with E-state index in [9.17, 15) is 8.78 Å². The summed E-state index contributed by atoms with van der Waals surface area (Å²) in [6, 6.07) is 8.10. The molecule has 0 fully saturated rings. The molecule has 0 saturated heterocycles. The number of anilines is 1. The number of rotatable bonds is 3. The van der Waals surface area contributed by atoms with Crippen LogP contribution in [0.25, 0.3) is 0 Å². The molecule has 0 amide bonds. The molecule has 0 heterocycles. The maximum atomic E-state index is 13.8. The fourth-order valence-electron chi connectivity index (χ4n) is 1.86. The molecule has 0 aromatic heterocycles. The third-order valence-corrected chi connectivity index (χ3v) is 3.28. The van der Waals surface area contributed by atoms with Gasteiger partial charge in [-0.05, 0) is 48.7 Å². The van der Waals surface area contributed by atoms with Gasteiger partial charge in [0.05, 0.1) is 0 Å². The quantitative estimate of drug-likeness (QED) is 0.848. The first-order chi connectivity index (χ1) is 8.99. The zero-order valence-corrected chi connectivity index (χ0v) is 11.5. The van der Waals surface area contributed by atoms with Gasteiger partial charge >= 0.3 is 0 Å². The molecule has 0 unspecified atom stereocenters. The Bertz CT molecular complexity index is 611. The van der Waals surface area contributed by atoms with Crippen molar-refractivity contribution in [1.82, 2.24) is 0 Å². The minimum Gasteiger partial charge on any atom is -0.376 e. The number of hydrogen-bond acceptors (Lipinski definition) is 1. The van der Waals surface area contributed by atoms with Crippen LogP contribution in [0.4, 0.5) is 14.5 Å². The van der Waals surface area contributed by atoms with E-state index in [-0.39, 0.29) is 5.69 Å². The normalized spacial score (nSPS) is 10.6. The molecule has 2 aromatic rings. The first kappa shape index (κ1) is 13.8. The lowest BCUT2D eigenvalue weighted by molar-refractivity contribution is 0.582. The molecule has 0 atom stereocenters. The van der Waals surface area contributed by atoms with E-state index < -0.39 is 11.6 Å². The van der Waals surface area contributed by atoms with Crippen molar-refractivity contribution in [3.63, 3.8) is 0 Å². The van der Waals surface area contributed by atoms with Crippen LogP contribution in [0.3, 0.4) is 0 Å². The van der Waals surface area contributed by atoms with Crippen LogP contribution in [0.2, 0.25) is 5.02 Å². The Morgan fingerprint density at radius 2 is 1.79 bits per heavy atom. The average molecular weight is 282 g/mol. The predicted molar refractivity (Wildman–Crippen MR) is 74.6 cm³/mol. The second kappa shape index (κ2) is 5.57. The van der Waals surface area contributed by atoms with Crippen LogP contribution in [0, 0.1) is 25.5 Å². The van der Waals surface area contributed by atoms with Crippen LogP contribution >= 0.6 is 11.6 Å². The highest BCUT2D eigenvalue weighted by atomic mass is 35.5. The van der Waals surface area contributed by atoms with Crippen molar-refractivity contribution in [3.8, 4) is 0 Å². The minimum absolute atomic E-state index is 0.0886. The van der Waals surface area contributed by atoms with Gasteiger partial charge in [0, 0.05) is 11.6 Å². The monoisotopic (exact) mass is 281 g/mol. The largest absolute Gasteiger partial charge is 0.376 e. The molecule has 0 radical (unpaired) electrons. The number of aryl methyl sites for hydroxylation is 2. The van der Waals surface area contributed by atoms with Gasteiger partial charge < -0.3 is 5.32 Å². The van der Waals surface area contributed by atoms with Gasteiger partial charge in [0.1, 0.15) is 11.5 Å². The molecule has 0 bridgehead atoms. The van der Waals surface area contributed by atoms with Crippen molar-refractivity contribution < 1.29 is 8.78 Å². The van der Waals surface area contributed by atoms with E-state index in [2.05, 4.69) is 5.32 Å². The molecule has 0 aliphatic heterocycles. The van der Waals surface area contributed by atoms with Crippen molar-refractivity contribution in [2.75, 3.05) is 5.32 Å². The number of benzene rings is 2. The summed E-state index contributed by atoms with van der Waals surface area (Å²) in [7, 11) is 0. The van der Waals surface area contributed by atoms with E-state index in [1.54, 1.807) is 13.0 Å². The van der Waals surface area contributed by atoms with Crippen molar-refractivity contribution >= 4 is 17.3 Å². The second-order valence-electron chi connectivity index (χ2n) is 4.48. The molecule has 1 N–H and O–H groups in total. The van der Waals surface area contributed by atoms with Crippen LogP contribution in [0.1, 0.15) is 16.7 Å². The molecule has 0 saturated carbocycles. The molecular formula is C15H14ClF2N. The van der Waals surface area contributed by atoms with Crippen molar-refractivity contribution in [2.24, 2.45) is 0 Å². The van der Waals surface area contributed by atoms with Gasteiger partial charge in [0.25, 0.3) is 0 Å². The van der Waals surface area contributed by atoms with Gasteiger partial charge in [-0.2, -0.15) is 0 Å². The Hall–Kier alpha value is -1.61. The molecule has 4 heteroatoms. The zero-order valence-electron chi connectivity index (χ0n) is 10.7. The number of halogens is 3. The van der Waals surface area contributed by atoms with Crippen molar-refractivity contribution in [3.05, 3.63) is 63.7 Å². The second-order valence-corrected chi connectivity index (χ2v) is 4.91. The number of hydrogen-bond donors (Lipinski definition) is 1. The lowest BCUT2D eigenvalue weighted by atomic mass is 10.1. The molecule has 0 aliphatic rings. The van der Waals surface area contributed by atoms with E-state index in [1.165, 1.54) is 12.1 Å². The first-order valence-electron chi connectivity index (χ1n) is 5.92. The van der Waals surface area contributed by atoms with E-state index in [4.69, 9.17) is 11.6 Å². The first-order valence-corrected chi connectivity index (χ1v) is 6.30. The maximum Gasteiger partial charge on any atom is 0.152 e. The summed E-state index contributed by atoms with van der Waals surface area (Å²) < 4.78 is 27.4. The third kappa shape index (κ3) is 3.04. The lowest BCUT2D eigenvalue weighted by Gasteiger charge is -2.12. The predicted octanol–water partition coefficient (Wildman–Crippen LogP) is 4.85. The van der Waals surface area contributed by atoms with Crippen LogP contribution in [0.5, 0.6) is 0 Å². The van der Waals surface area contributed by atoms with E-state index in [1.807, 2.05) is 19.1 Å².